The normalized spacial score (nSPS) is 23.7. The average Bonchev–Trinajstić information content (AvgIpc) is 3.17. The van der Waals surface area contributed by atoms with Gasteiger partial charge in [-0.25, -0.2) is 4.39 Å². The molecule has 2 atom stereocenters. The van der Waals surface area contributed by atoms with Gasteiger partial charge in [-0.15, -0.1) is 0 Å². The number of hydrogen-bond acceptors (Lipinski definition) is 3. The largest absolute Gasteiger partial charge is 0.363 e. The first-order valence-electron chi connectivity index (χ1n) is 10.2. The lowest BCUT2D eigenvalue weighted by Crippen LogP contribution is -2.50. The number of rotatable bonds is 4. The highest BCUT2D eigenvalue weighted by Crippen LogP contribution is 2.44. The van der Waals surface area contributed by atoms with Crippen molar-refractivity contribution in [2.45, 2.75) is 58.2 Å². The van der Waals surface area contributed by atoms with Crippen molar-refractivity contribution < 1.29 is 9.18 Å². The zero-order chi connectivity index (χ0) is 19.9. The number of aromatic nitrogens is 2. The summed E-state index contributed by atoms with van der Waals surface area (Å²) in [5, 5.41) is 4.36. The van der Waals surface area contributed by atoms with Crippen LogP contribution in [0.15, 0.2) is 36.5 Å². The molecule has 0 bridgehead atoms. The number of carbonyl (C=O) groups is 1. The molecule has 1 amide bonds. The van der Waals surface area contributed by atoms with E-state index in [9.17, 15) is 9.18 Å². The van der Waals surface area contributed by atoms with E-state index in [4.69, 9.17) is 0 Å². The predicted octanol–water partition coefficient (Wildman–Crippen LogP) is 3.63. The van der Waals surface area contributed by atoms with Crippen LogP contribution in [0.4, 0.5) is 10.1 Å². The van der Waals surface area contributed by atoms with Gasteiger partial charge in [0.05, 0.1) is 5.69 Å². The quantitative estimate of drug-likeness (QED) is 0.808. The van der Waals surface area contributed by atoms with Gasteiger partial charge in [-0.3, -0.25) is 9.48 Å². The maximum absolute atomic E-state index is 13.8. The number of aryl methyl sites for hydroxylation is 2. The molecule has 0 unspecified atom stereocenters. The first-order chi connectivity index (χ1) is 13.3. The van der Waals surface area contributed by atoms with Gasteiger partial charge < -0.3 is 9.80 Å². The van der Waals surface area contributed by atoms with Crippen LogP contribution in [-0.2, 0) is 11.3 Å². The number of amides is 1. The van der Waals surface area contributed by atoms with Crippen LogP contribution in [0.25, 0.3) is 0 Å². The number of anilines is 1. The van der Waals surface area contributed by atoms with Crippen LogP contribution < -0.4 is 4.90 Å². The van der Waals surface area contributed by atoms with Crippen molar-refractivity contribution >= 4 is 11.6 Å². The van der Waals surface area contributed by atoms with Gasteiger partial charge in [0.2, 0.25) is 5.91 Å². The van der Waals surface area contributed by atoms with E-state index in [2.05, 4.69) is 23.8 Å². The number of carbonyl (C=O) groups excluding carboxylic acids is 1. The zero-order valence-electron chi connectivity index (χ0n) is 16.9. The molecular formula is C22H29FN4O. The number of likely N-dealkylation sites (tertiary alicyclic amines) is 1. The number of piperidine rings is 1. The lowest BCUT2D eigenvalue weighted by molar-refractivity contribution is -0.133. The molecule has 150 valence electrons. The van der Waals surface area contributed by atoms with E-state index in [1.807, 2.05) is 34.8 Å². The average molecular weight is 384 g/mol. The second-order valence-corrected chi connectivity index (χ2v) is 8.79. The minimum Gasteiger partial charge on any atom is -0.363 e. The molecule has 6 heteroatoms. The van der Waals surface area contributed by atoms with E-state index in [0.29, 0.717) is 24.9 Å². The molecule has 0 spiro atoms. The summed E-state index contributed by atoms with van der Waals surface area (Å²) in [7, 11) is 0. The highest BCUT2D eigenvalue weighted by Gasteiger charge is 2.48. The minimum absolute atomic E-state index is 0.0469. The Balaban J connectivity index is 1.42. The lowest BCUT2D eigenvalue weighted by atomic mass is 9.89. The number of hydrogen-bond donors (Lipinski definition) is 0. The Morgan fingerprint density at radius 1 is 1.32 bits per heavy atom. The monoisotopic (exact) mass is 384 g/mol. The molecule has 0 aliphatic carbocycles. The fourth-order valence-electron chi connectivity index (χ4n) is 5.10. The van der Waals surface area contributed by atoms with Crippen molar-refractivity contribution in [2.75, 3.05) is 18.0 Å². The second kappa shape index (κ2) is 7.22. The molecule has 2 saturated heterocycles. The van der Waals surface area contributed by atoms with Gasteiger partial charge in [-0.05, 0) is 63.8 Å². The molecular weight excluding hydrogens is 355 g/mol. The van der Waals surface area contributed by atoms with E-state index in [1.54, 1.807) is 12.1 Å². The molecule has 2 aromatic rings. The number of fused-ring (bicyclic) bond motifs is 1. The lowest BCUT2D eigenvalue weighted by Gasteiger charge is -2.42. The maximum Gasteiger partial charge on any atom is 0.224 e. The Hall–Kier alpha value is -2.37. The van der Waals surface area contributed by atoms with E-state index >= 15 is 0 Å². The van der Waals surface area contributed by atoms with Gasteiger partial charge >= 0.3 is 0 Å². The molecule has 5 nitrogen and oxygen atoms in total. The van der Waals surface area contributed by atoms with Crippen LogP contribution >= 0.6 is 0 Å². The molecule has 3 heterocycles. The summed E-state index contributed by atoms with van der Waals surface area (Å²) in [6.07, 6.45) is 4.34. The number of nitrogens with zero attached hydrogens (tertiary/aromatic N) is 4. The zero-order valence-corrected chi connectivity index (χ0v) is 16.9. The third-order valence-corrected chi connectivity index (χ3v) is 6.21. The van der Waals surface area contributed by atoms with Crippen molar-refractivity contribution in [3.8, 4) is 0 Å². The van der Waals surface area contributed by atoms with Crippen molar-refractivity contribution in [1.29, 1.82) is 0 Å². The van der Waals surface area contributed by atoms with Crippen LogP contribution in [0.3, 0.4) is 0 Å². The van der Waals surface area contributed by atoms with Gasteiger partial charge in [-0.2, -0.15) is 5.10 Å². The molecule has 0 saturated carbocycles. The van der Waals surface area contributed by atoms with E-state index in [-0.39, 0.29) is 17.3 Å². The van der Waals surface area contributed by atoms with Gasteiger partial charge in [-0.1, -0.05) is 6.07 Å². The minimum atomic E-state index is -0.196. The molecule has 0 N–H and O–H groups in total. The molecule has 4 rings (SSSR count). The first kappa shape index (κ1) is 19.0. The van der Waals surface area contributed by atoms with Gasteiger partial charge in [0, 0.05) is 49.5 Å². The third kappa shape index (κ3) is 3.64. The second-order valence-electron chi connectivity index (χ2n) is 8.79. The Labute approximate surface area is 166 Å². The Morgan fingerprint density at radius 2 is 2.14 bits per heavy atom. The fraction of sp³-hybridized carbons (Fsp3) is 0.545. The van der Waals surface area contributed by atoms with E-state index in [1.165, 1.54) is 6.07 Å². The van der Waals surface area contributed by atoms with Crippen molar-refractivity contribution in [3.05, 3.63) is 48.0 Å². The molecule has 1 aromatic carbocycles. The summed E-state index contributed by atoms with van der Waals surface area (Å²) in [5.74, 6) is 0.426. The topological polar surface area (TPSA) is 41.4 Å². The van der Waals surface area contributed by atoms with Crippen LogP contribution in [-0.4, -0.2) is 45.3 Å². The van der Waals surface area contributed by atoms with Crippen LogP contribution in [0, 0.1) is 18.7 Å². The molecule has 2 aliphatic rings. The Bertz CT molecular complexity index is 862. The number of benzene rings is 1. The summed E-state index contributed by atoms with van der Waals surface area (Å²) < 4.78 is 15.6. The van der Waals surface area contributed by atoms with Crippen LogP contribution in [0.2, 0.25) is 0 Å². The van der Waals surface area contributed by atoms with Crippen molar-refractivity contribution in [3.63, 3.8) is 0 Å². The van der Waals surface area contributed by atoms with Crippen molar-refractivity contribution in [1.82, 2.24) is 14.7 Å². The maximum atomic E-state index is 13.8. The summed E-state index contributed by atoms with van der Waals surface area (Å²) in [6.45, 7) is 8.58. The number of halogens is 1. The molecule has 0 radical (unpaired) electrons. The highest BCUT2D eigenvalue weighted by atomic mass is 19.1. The van der Waals surface area contributed by atoms with Crippen LogP contribution in [0.5, 0.6) is 0 Å². The highest BCUT2D eigenvalue weighted by molar-refractivity contribution is 5.76. The summed E-state index contributed by atoms with van der Waals surface area (Å²) in [4.78, 5) is 17.1. The molecule has 28 heavy (non-hydrogen) atoms. The Morgan fingerprint density at radius 3 is 2.86 bits per heavy atom. The van der Waals surface area contributed by atoms with E-state index in [0.717, 1.165) is 37.3 Å². The molecule has 1 aromatic heterocycles. The van der Waals surface area contributed by atoms with E-state index < -0.39 is 0 Å². The van der Waals surface area contributed by atoms with Crippen molar-refractivity contribution in [2.24, 2.45) is 5.92 Å². The predicted molar refractivity (Wildman–Crippen MR) is 108 cm³/mol. The van der Waals surface area contributed by atoms with Gasteiger partial charge in [0.15, 0.2) is 0 Å². The first-order valence-corrected chi connectivity index (χ1v) is 10.2. The summed E-state index contributed by atoms with van der Waals surface area (Å²) >= 11 is 0. The van der Waals surface area contributed by atoms with Crippen LogP contribution in [0.1, 0.15) is 38.8 Å². The molecule has 2 aliphatic heterocycles. The van der Waals surface area contributed by atoms with Gasteiger partial charge in [0.25, 0.3) is 0 Å². The van der Waals surface area contributed by atoms with Gasteiger partial charge in [0.1, 0.15) is 5.82 Å². The SMILES string of the molecule is Cc1ccn(CCC(=O)N2CC[C@H]3[C@@H](C2)CC(C)(C)N3c2cccc(F)c2)n1. The molecule has 2 fully saturated rings. The fourth-order valence-corrected chi connectivity index (χ4v) is 5.10. The summed E-state index contributed by atoms with van der Waals surface area (Å²) in [5.41, 5.74) is 1.87. The smallest absolute Gasteiger partial charge is 0.224 e. The Kier molecular flexibility index (Phi) is 4.89. The standard InChI is InChI=1S/C22H29FN4O/c1-16-7-11-26(24-16)12-9-21(28)25-10-8-20-17(15-25)14-22(2,3)27(20)19-6-4-5-18(23)13-19/h4-7,11,13,17,20H,8-10,12,14-15H2,1-3H3/t17-,20+/m1/s1. The third-order valence-electron chi connectivity index (χ3n) is 6.21. The summed E-state index contributed by atoms with van der Waals surface area (Å²) in [6, 6.07) is 9.22.